The third kappa shape index (κ3) is 3.34. The highest BCUT2D eigenvalue weighted by Gasteiger charge is 2.25. The topological polar surface area (TPSA) is 84.9 Å². The first-order chi connectivity index (χ1) is 10.0. The summed E-state index contributed by atoms with van der Waals surface area (Å²) in [6.07, 6.45) is 3.67. The number of amides is 1. The van der Waals surface area contributed by atoms with Gasteiger partial charge in [-0.15, -0.1) is 0 Å². The third-order valence-electron chi connectivity index (χ3n) is 3.36. The zero-order chi connectivity index (χ0) is 15.4. The molecule has 21 heavy (non-hydrogen) atoms. The Bertz CT molecular complexity index is 581. The van der Waals surface area contributed by atoms with E-state index in [9.17, 15) is 9.59 Å². The molecule has 0 bridgehead atoms. The van der Waals surface area contributed by atoms with Gasteiger partial charge in [-0.05, 0) is 24.6 Å². The molecule has 1 aromatic carbocycles. The minimum atomic E-state index is -0.880. The van der Waals surface area contributed by atoms with Crippen molar-refractivity contribution in [2.75, 3.05) is 14.2 Å². The second kappa shape index (κ2) is 6.30. The predicted molar refractivity (Wildman–Crippen MR) is 75.7 cm³/mol. The third-order valence-corrected chi connectivity index (χ3v) is 3.36. The molecule has 0 aliphatic heterocycles. The van der Waals surface area contributed by atoms with Crippen LogP contribution in [-0.4, -0.2) is 37.2 Å². The molecule has 6 heteroatoms. The van der Waals surface area contributed by atoms with Crippen LogP contribution in [0.2, 0.25) is 0 Å². The van der Waals surface area contributed by atoms with Gasteiger partial charge in [0.25, 0.3) is 5.91 Å². The summed E-state index contributed by atoms with van der Waals surface area (Å²) in [6.45, 7) is 0. The molecule has 0 heterocycles. The second-order valence-corrected chi connectivity index (χ2v) is 4.72. The molecular weight excluding hydrogens is 274 g/mol. The summed E-state index contributed by atoms with van der Waals surface area (Å²) in [7, 11) is 3.02. The van der Waals surface area contributed by atoms with Crippen LogP contribution in [0, 0.1) is 5.92 Å². The second-order valence-electron chi connectivity index (χ2n) is 4.72. The number of aliphatic carboxylic acids is 1. The van der Waals surface area contributed by atoms with Gasteiger partial charge in [0.1, 0.15) is 0 Å². The van der Waals surface area contributed by atoms with E-state index in [-0.39, 0.29) is 11.9 Å². The molecule has 0 spiro atoms. The van der Waals surface area contributed by atoms with Gasteiger partial charge in [0.05, 0.1) is 20.1 Å². The van der Waals surface area contributed by atoms with Crippen molar-refractivity contribution in [1.82, 2.24) is 5.32 Å². The predicted octanol–water partition coefficient (Wildman–Crippen LogP) is 1.46. The van der Waals surface area contributed by atoms with E-state index in [1.165, 1.54) is 14.2 Å². The Morgan fingerprint density at radius 2 is 1.90 bits per heavy atom. The summed E-state index contributed by atoms with van der Waals surface area (Å²) in [4.78, 5) is 23.0. The average molecular weight is 291 g/mol. The van der Waals surface area contributed by atoms with Crippen LogP contribution in [0.3, 0.4) is 0 Å². The molecule has 0 fully saturated rings. The Morgan fingerprint density at radius 3 is 2.48 bits per heavy atom. The maximum Gasteiger partial charge on any atom is 0.310 e. The van der Waals surface area contributed by atoms with Crippen molar-refractivity contribution in [1.29, 1.82) is 0 Å². The molecule has 0 saturated heterocycles. The number of hydrogen-bond acceptors (Lipinski definition) is 4. The van der Waals surface area contributed by atoms with Crippen LogP contribution in [-0.2, 0) is 4.79 Å². The van der Waals surface area contributed by atoms with Crippen LogP contribution in [0.15, 0.2) is 30.4 Å². The number of carboxylic acid groups (broad SMARTS) is 1. The number of hydrogen-bond donors (Lipinski definition) is 2. The lowest BCUT2D eigenvalue weighted by atomic mass is 10.1. The summed E-state index contributed by atoms with van der Waals surface area (Å²) in [5.41, 5.74) is 0.430. The van der Waals surface area contributed by atoms with Crippen LogP contribution in [0.4, 0.5) is 0 Å². The maximum absolute atomic E-state index is 12.2. The fourth-order valence-corrected chi connectivity index (χ4v) is 2.22. The van der Waals surface area contributed by atoms with Gasteiger partial charge >= 0.3 is 5.97 Å². The largest absolute Gasteiger partial charge is 0.493 e. The van der Waals surface area contributed by atoms with Crippen molar-refractivity contribution in [2.24, 2.45) is 5.92 Å². The van der Waals surface area contributed by atoms with Gasteiger partial charge in [-0.2, -0.15) is 0 Å². The summed E-state index contributed by atoms with van der Waals surface area (Å²) in [5, 5.41) is 11.7. The number of carbonyl (C=O) groups is 2. The molecule has 1 amide bonds. The van der Waals surface area contributed by atoms with Crippen molar-refractivity contribution < 1.29 is 24.2 Å². The molecule has 2 N–H and O–H groups in total. The highest BCUT2D eigenvalue weighted by atomic mass is 16.5. The van der Waals surface area contributed by atoms with Crippen molar-refractivity contribution in [2.45, 2.75) is 12.5 Å². The van der Waals surface area contributed by atoms with E-state index in [2.05, 4.69) is 5.32 Å². The van der Waals surface area contributed by atoms with Crippen LogP contribution >= 0.6 is 0 Å². The minimum absolute atomic E-state index is 0.272. The van der Waals surface area contributed by atoms with E-state index in [0.717, 1.165) is 0 Å². The standard InChI is InChI=1S/C15H17NO5/c1-20-12-6-4-9(8-13(12)21-2)14(17)16-11-5-3-10(7-11)15(18)19/h3-6,8,10-11H,7H2,1-2H3,(H,16,17)(H,18,19). The lowest BCUT2D eigenvalue weighted by Gasteiger charge is -2.13. The Kier molecular flexibility index (Phi) is 4.47. The molecule has 2 unspecified atom stereocenters. The summed E-state index contributed by atoms with van der Waals surface area (Å²) < 4.78 is 10.3. The van der Waals surface area contributed by atoms with Gasteiger partial charge in [0.15, 0.2) is 11.5 Å². The SMILES string of the molecule is COc1ccc(C(=O)NC2C=CC(C(=O)O)C2)cc1OC. The zero-order valence-corrected chi connectivity index (χ0v) is 11.8. The van der Waals surface area contributed by atoms with E-state index < -0.39 is 11.9 Å². The fourth-order valence-electron chi connectivity index (χ4n) is 2.22. The van der Waals surface area contributed by atoms with E-state index >= 15 is 0 Å². The number of nitrogens with one attached hydrogen (secondary N) is 1. The molecule has 2 rings (SSSR count). The van der Waals surface area contributed by atoms with Crippen molar-refractivity contribution in [3.8, 4) is 11.5 Å². The Morgan fingerprint density at radius 1 is 1.19 bits per heavy atom. The Hall–Kier alpha value is -2.50. The molecule has 1 aromatic rings. The highest BCUT2D eigenvalue weighted by molar-refractivity contribution is 5.95. The van der Waals surface area contributed by atoms with Gasteiger partial charge in [0.2, 0.25) is 0 Å². The van der Waals surface area contributed by atoms with Gasteiger partial charge in [-0.25, -0.2) is 0 Å². The number of methoxy groups -OCH3 is 2. The lowest BCUT2D eigenvalue weighted by Crippen LogP contribution is -2.33. The van der Waals surface area contributed by atoms with Gasteiger partial charge < -0.3 is 19.9 Å². The molecule has 0 aromatic heterocycles. The van der Waals surface area contributed by atoms with E-state index in [1.54, 1.807) is 30.4 Å². The summed E-state index contributed by atoms with van der Waals surface area (Å²) in [6, 6.07) is 4.59. The number of benzene rings is 1. The van der Waals surface area contributed by atoms with Gasteiger partial charge in [0, 0.05) is 11.6 Å². The van der Waals surface area contributed by atoms with Crippen molar-refractivity contribution in [3.63, 3.8) is 0 Å². The number of carboxylic acids is 1. The molecule has 1 aliphatic rings. The van der Waals surface area contributed by atoms with Gasteiger partial charge in [-0.3, -0.25) is 9.59 Å². The van der Waals surface area contributed by atoms with Crippen LogP contribution in [0.1, 0.15) is 16.8 Å². The smallest absolute Gasteiger partial charge is 0.310 e. The highest BCUT2D eigenvalue weighted by Crippen LogP contribution is 2.27. The quantitative estimate of drug-likeness (QED) is 0.802. The molecule has 0 radical (unpaired) electrons. The van der Waals surface area contributed by atoms with Gasteiger partial charge in [-0.1, -0.05) is 12.2 Å². The maximum atomic E-state index is 12.2. The van der Waals surface area contributed by atoms with Crippen LogP contribution in [0.25, 0.3) is 0 Å². The first kappa shape index (κ1) is 14.9. The Balaban J connectivity index is 2.04. The molecule has 6 nitrogen and oxygen atoms in total. The van der Waals surface area contributed by atoms with Crippen LogP contribution in [0.5, 0.6) is 11.5 Å². The molecule has 0 saturated carbocycles. The Labute approximate surface area is 122 Å². The molecular formula is C15H17NO5. The molecule has 2 atom stereocenters. The van der Waals surface area contributed by atoms with E-state index in [1.807, 2.05) is 0 Å². The summed E-state index contributed by atoms with van der Waals surface area (Å²) >= 11 is 0. The van der Waals surface area contributed by atoms with Crippen molar-refractivity contribution in [3.05, 3.63) is 35.9 Å². The number of rotatable bonds is 5. The number of ether oxygens (including phenoxy) is 2. The molecule has 112 valence electrons. The first-order valence-electron chi connectivity index (χ1n) is 6.49. The van der Waals surface area contributed by atoms with Crippen LogP contribution < -0.4 is 14.8 Å². The first-order valence-corrected chi connectivity index (χ1v) is 6.49. The normalized spacial score (nSPS) is 20.1. The zero-order valence-electron chi connectivity index (χ0n) is 11.8. The van der Waals surface area contributed by atoms with E-state index in [0.29, 0.717) is 23.5 Å². The summed E-state index contributed by atoms with van der Waals surface area (Å²) in [5.74, 6) is -0.692. The lowest BCUT2D eigenvalue weighted by molar-refractivity contribution is -0.140. The van der Waals surface area contributed by atoms with E-state index in [4.69, 9.17) is 14.6 Å². The molecule has 1 aliphatic carbocycles. The minimum Gasteiger partial charge on any atom is -0.493 e. The fraction of sp³-hybridized carbons (Fsp3) is 0.333. The van der Waals surface area contributed by atoms with Crippen molar-refractivity contribution >= 4 is 11.9 Å². The number of carbonyl (C=O) groups excluding carboxylic acids is 1. The average Bonchev–Trinajstić information content (AvgIpc) is 2.95. The monoisotopic (exact) mass is 291 g/mol.